The van der Waals surface area contributed by atoms with Crippen molar-refractivity contribution >= 4 is 5.97 Å². The van der Waals surface area contributed by atoms with Crippen molar-refractivity contribution < 1.29 is 19.7 Å². The zero-order valence-corrected chi connectivity index (χ0v) is 25.1. The minimum absolute atomic E-state index is 0.0602. The molecule has 0 saturated heterocycles. The topological polar surface area (TPSA) is 66.8 Å². The maximum atomic E-state index is 13.9. The van der Waals surface area contributed by atoms with E-state index in [2.05, 4.69) is 65.8 Å². The van der Waals surface area contributed by atoms with Gasteiger partial charge in [0, 0.05) is 27.6 Å². The lowest BCUT2D eigenvalue weighted by Crippen LogP contribution is -2.57. The van der Waals surface area contributed by atoms with E-state index in [0.717, 1.165) is 51.4 Å². The molecule has 8 rings (SSSR count). The number of hydrogen-bond acceptors (Lipinski definition) is 4. The second kappa shape index (κ2) is 6.91. The average molecular weight is 535 g/mol. The molecule has 0 aromatic carbocycles. The molecule has 0 radical (unpaired) electrons. The van der Waals surface area contributed by atoms with E-state index in [0.29, 0.717) is 11.8 Å². The molecule has 214 valence electrons. The van der Waals surface area contributed by atoms with E-state index in [1.165, 1.54) is 12.8 Å². The summed E-state index contributed by atoms with van der Waals surface area (Å²) in [6, 6.07) is 0. The van der Waals surface area contributed by atoms with Crippen LogP contribution in [0.1, 0.15) is 106 Å². The standard InChI is InChI=1S/C35H50O4/c1-28(2)23-9-11-30(28,5)34(37,17-23)32-13-7-21(15-32)25(19-32)27(36)39-26-20-33(14-8-22(26)16-33)35(38)18-24-10-12-31(35,6)29(24,3)4/h7-8,13-14,21-26,37-38H,9-12,15-20H2,1-6H3/t21?,22?,23-,24-,25?,26?,30-,31-,32?,33?,34+,35+/m1/s1. The highest BCUT2D eigenvalue weighted by Crippen LogP contribution is 2.78. The van der Waals surface area contributed by atoms with Crippen molar-refractivity contribution in [2.75, 3.05) is 0 Å². The molecule has 2 N–H and O–H groups in total. The molecule has 8 aliphatic carbocycles. The van der Waals surface area contributed by atoms with Crippen LogP contribution in [0.25, 0.3) is 0 Å². The Balaban J connectivity index is 1.02. The van der Waals surface area contributed by atoms with Crippen LogP contribution in [0.4, 0.5) is 0 Å². The summed E-state index contributed by atoms with van der Waals surface area (Å²) in [5.74, 6) is 1.28. The van der Waals surface area contributed by atoms with Crippen molar-refractivity contribution in [2.24, 2.45) is 62.1 Å². The normalized spacial score (nSPS) is 60.2. The molecule has 0 amide bonds. The van der Waals surface area contributed by atoms with Crippen molar-refractivity contribution in [3.63, 3.8) is 0 Å². The van der Waals surface area contributed by atoms with Gasteiger partial charge in [-0.15, -0.1) is 0 Å². The van der Waals surface area contributed by atoms with Gasteiger partial charge in [-0.05, 0) is 92.8 Å². The van der Waals surface area contributed by atoms with Gasteiger partial charge in [0.15, 0.2) is 0 Å². The fourth-order valence-corrected chi connectivity index (χ4v) is 13.2. The first-order valence-corrected chi connectivity index (χ1v) is 16.1. The maximum Gasteiger partial charge on any atom is 0.309 e. The van der Waals surface area contributed by atoms with Gasteiger partial charge >= 0.3 is 5.97 Å². The van der Waals surface area contributed by atoms with E-state index in [9.17, 15) is 15.0 Å². The molecule has 0 aromatic rings. The molecule has 39 heavy (non-hydrogen) atoms. The second-order valence-corrected chi connectivity index (χ2v) is 17.5. The molecule has 0 heterocycles. The van der Waals surface area contributed by atoms with Gasteiger partial charge in [-0.1, -0.05) is 65.8 Å². The molecule has 6 fully saturated rings. The Labute approximate surface area is 235 Å². The van der Waals surface area contributed by atoms with Gasteiger partial charge in [0.2, 0.25) is 0 Å². The molecule has 0 aromatic heterocycles. The average Bonchev–Trinajstić information content (AvgIpc) is 3.73. The summed E-state index contributed by atoms with van der Waals surface area (Å²) in [6.45, 7) is 14.1. The van der Waals surface area contributed by atoms with E-state index in [4.69, 9.17) is 4.74 Å². The Hall–Kier alpha value is -1.13. The number of hydrogen-bond donors (Lipinski definition) is 2. The van der Waals surface area contributed by atoms with Crippen molar-refractivity contribution in [3.8, 4) is 0 Å². The summed E-state index contributed by atoms with van der Waals surface area (Å²) < 4.78 is 6.43. The summed E-state index contributed by atoms with van der Waals surface area (Å²) in [5.41, 5.74) is -2.05. The van der Waals surface area contributed by atoms with Crippen molar-refractivity contribution in [1.82, 2.24) is 0 Å². The molecule has 0 aliphatic heterocycles. The van der Waals surface area contributed by atoms with Crippen LogP contribution in [-0.4, -0.2) is 33.5 Å². The van der Waals surface area contributed by atoms with Crippen LogP contribution < -0.4 is 0 Å². The first-order valence-electron chi connectivity index (χ1n) is 16.1. The third kappa shape index (κ3) is 2.46. The van der Waals surface area contributed by atoms with Crippen molar-refractivity contribution in [1.29, 1.82) is 0 Å². The van der Waals surface area contributed by atoms with E-state index in [-0.39, 0.29) is 62.3 Å². The summed E-state index contributed by atoms with van der Waals surface area (Å²) in [7, 11) is 0. The predicted octanol–water partition coefficient (Wildman–Crippen LogP) is 6.60. The molecule has 6 unspecified atom stereocenters. The molecular weight excluding hydrogens is 484 g/mol. The van der Waals surface area contributed by atoms with Gasteiger partial charge in [0.05, 0.1) is 17.1 Å². The summed E-state index contributed by atoms with van der Waals surface area (Å²) in [6.07, 6.45) is 18.6. The van der Waals surface area contributed by atoms with Crippen LogP contribution in [-0.2, 0) is 9.53 Å². The Morgan fingerprint density at radius 2 is 1.18 bits per heavy atom. The number of carbonyl (C=O) groups is 1. The number of esters is 1. The number of ether oxygens (including phenoxy) is 1. The van der Waals surface area contributed by atoms with Gasteiger partial charge in [-0.3, -0.25) is 4.79 Å². The fourth-order valence-electron chi connectivity index (χ4n) is 13.2. The highest BCUT2D eigenvalue weighted by atomic mass is 16.5. The zero-order chi connectivity index (χ0) is 27.6. The van der Waals surface area contributed by atoms with Crippen molar-refractivity contribution in [2.45, 2.75) is 123 Å². The molecule has 6 saturated carbocycles. The minimum Gasteiger partial charge on any atom is -0.461 e. The minimum atomic E-state index is -0.751. The Kier molecular flexibility index (Phi) is 4.53. The third-order valence-electron chi connectivity index (χ3n) is 16.7. The van der Waals surface area contributed by atoms with E-state index < -0.39 is 11.2 Å². The lowest BCUT2D eigenvalue weighted by Gasteiger charge is -2.54. The van der Waals surface area contributed by atoms with Gasteiger partial charge in [0.25, 0.3) is 0 Å². The number of fused-ring (bicyclic) bond motifs is 8. The molecule has 4 nitrogen and oxygen atoms in total. The Bertz CT molecular complexity index is 1210. The molecule has 8 bridgehead atoms. The first-order chi connectivity index (χ1) is 18.1. The largest absolute Gasteiger partial charge is 0.461 e. The number of carbonyl (C=O) groups excluding carboxylic acids is 1. The van der Waals surface area contributed by atoms with Crippen molar-refractivity contribution in [3.05, 3.63) is 24.3 Å². The Morgan fingerprint density at radius 1 is 0.692 bits per heavy atom. The quantitative estimate of drug-likeness (QED) is 0.315. The molecular formula is C35H50O4. The molecule has 0 spiro atoms. The molecule has 8 aliphatic rings. The smallest absolute Gasteiger partial charge is 0.309 e. The maximum absolute atomic E-state index is 13.9. The second-order valence-electron chi connectivity index (χ2n) is 17.5. The van der Waals surface area contributed by atoms with Gasteiger partial charge < -0.3 is 14.9 Å². The lowest BCUT2D eigenvalue weighted by atomic mass is 9.54. The van der Waals surface area contributed by atoms with Crippen LogP contribution in [0.2, 0.25) is 0 Å². The number of allylic oxidation sites excluding steroid dienone is 1. The lowest BCUT2D eigenvalue weighted by molar-refractivity contribution is -0.169. The van der Waals surface area contributed by atoms with Crippen LogP contribution in [0.3, 0.4) is 0 Å². The fraction of sp³-hybridized carbons (Fsp3) is 0.857. The first kappa shape index (κ1) is 25.6. The SMILES string of the molecule is CC1(C)[C@@H]2CC[C@@]1(C)[C@](O)(C13C=CC(C1)C(OC(=O)C1CC4([C@]5(O)C[C@H]6CC[C@]5(C)C6(C)C)C=CC1C4)C3)C2. The number of aliphatic hydroxyl groups is 2. The summed E-state index contributed by atoms with van der Waals surface area (Å²) >= 11 is 0. The van der Waals surface area contributed by atoms with E-state index in [1.807, 2.05) is 0 Å². The summed E-state index contributed by atoms with van der Waals surface area (Å²) in [4.78, 5) is 13.9. The molecule has 4 heteroatoms. The van der Waals surface area contributed by atoms with Crippen LogP contribution in [0.5, 0.6) is 0 Å². The van der Waals surface area contributed by atoms with E-state index in [1.54, 1.807) is 0 Å². The highest BCUT2D eigenvalue weighted by Gasteiger charge is 2.77. The Morgan fingerprint density at radius 3 is 1.67 bits per heavy atom. The zero-order valence-electron chi connectivity index (χ0n) is 25.1. The van der Waals surface area contributed by atoms with Crippen LogP contribution in [0, 0.1) is 62.1 Å². The summed E-state index contributed by atoms with van der Waals surface area (Å²) in [5, 5.41) is 25.0. The number of rotatable bonds is 4. The van der Waals surface area contributed by atoms with E-state index >= 15 is 0 Å². The third-order valence-corrected chi connectivity index (χ3v) is 16.7. The highest BCUT2D eigenvalue weighted by molar-refractivity contribution is 5.75. The van der Waals surface area contributed by atoms with Crippen LogP contribution in [0.15, 0.2) is 24.3 Å². The van der Waals surface area contributed by atoms with Gasteiger partial charge in [-0.25, -0.2) is 0 Å². The monoisotopic (exact) mass is 534 g/mol. The predicted molar refractivity (Wildman–Crippen MR) is 150 cm³/mol. The van der Waals surface area contributed by atoms with Crippen LogP contribution >= 0.6 is 0 Å². The van der Waals surface area contributed by atoms with Gasteiger partial charge in [0.1, 0.15) is 6.10 Å². The molecule has 12 atom stereocenters. The van der Waals surface area contributed by atoms with Gasteiger partial charge in [-0.2, -0.15) is 0 Å².